The standard InChI is InChI=1S/C8H17.3CH3.Sn/c1-4-6-7-8(3)5-2;;;;/h8H,3-7H2,1-2H3;3*1H3;. The molecule has 0 bridgehead atoms. The number of rotatable bonds is 6. The Bertz CT molecular complexity index is 102. The third kappa shape index (κ3) is 7.45. The first-order valence-corrected chi connectivity index (χ1v) is 16.1. The van der Waals surface area contributed by atoms with Crippen LogP contribution in [-0.2, 0) is 0 Å². The molecule has 0 rings (SSSR count). The van der Waals surface area contributed by atoms with Gasteiger partial charge in [-0.05, 0) is 0 Å². The molecule has 0 saturated heterocycles. The van der Waals surface area contributed by atoms with E-state index in [2.05, 4.69) is 28.7 Å². The molecule has 0 heterocycles. The summed E-state index contributed by atoms with van der Waals surface area (Å²) < 4.78 is 1.60. The average molecular weight is 277 g/mol. The van der Waals surface area contributed by atoms with E-state index in [1.54, 1.807) is 4.44 Å². The van der Waals surface area contributed by atoms with Crippen molar-refractivity contribution >= 4 is 18.4 Å². The molecule has 74 valence electrons. The third-order valence-electron chi connectivity index (χ3n) is 2.44. The Kier molecular flexibility index (Phi) is 6.70. The van der Waals surface area contributed by atoms with Crippen LogP contribution in [0.3, 0.4) is 0 Å². The summed E-state index contributed by atoms with van der Waals surface area (Å²) >= 11 is -1.46. The second kappa shape index (κ2) is 6.28. The summed E-state index contributed by atoms with van der Waals surface area (Å²) in [6, 6.07) is 0. The van der Waals surface area contributed by atoms with Gasteiger partial charge in [0.15, 0.2) is 0 Å². The van der Waals surface area contributed by atoms with Gasteiger partial charge in [-0.15, -0.1) is 0 Å². The van der Waals surface area contributed by atoms with Crippen molar-refractivity contribution < 1.29 is 0 Å². The maximum absolute atomic E-state index is 2.56. The number of hydrogen-bond acceptors (Lipinski definition) is 0. The van der Waals surface area contributed by atoms with Crippen LogP contribution in [0.25, 0.3) is 0 Å². The molecule has 0 spiro atoms. The molecule has 0 aromatic carbocycles. The summed E-state index contributed by atoms with van der Waals surface area (Å²) in [7, 11) is 0. The maximum atomic E-state index is 2.56. The molecule has 0 aliphatic carbocycles. The van der Waals surface area contributed by atoms with Crippen LogP contribution in [0.5, 0.6) is 0 Å². The first kappa shape index (κ1) is 12.8. The molecule has 0 fully saturated rings. The van der Waals surface area contributed by atoms with E-state index < -0.39 is 18.4 Å². The van der Waals surface area contributed by atoms with Crippen LogP contribution in [0.2, 0.25) is 19.3 Å². The molecule has 0 aliphatic heterocycles. The van der Waals surface area contributed by atoms with Gasteiger partial charge in [-0.25, -0.2) is 0 Å². The molecule has 1 heteroatoms. The predicted molar refractivity (Wildman–Crippen MR) is 61.5 cm³/mol. The Morgan fingerprint density at radius 2 is 1.67 bits per heavy atom. The monoisotopic (exact) mass is 278 g/mol. The molecule has 0 N–H and O–H groups in total. The van der Waals surface area contributed by atoms with Gasteiger partial charge in [-0.1, -0.05) is 0 Å². The fourth-order valence-corrected chi connectivity index (χ4v) is 8.16. The van der Waals surface area contributed by atoms with Crippen LogP contribution >= 0.6 is 0 Å². The SMILES string of the molecule is CCCCC(CC)[CH2][Sn]([CH3])([CH3])[CH3]. The van der Waals surface area contributed by atoms with Crippen molar-refractivity contribution in [1.82, 2.24) is 0 Å². The van der Waals surface area contributed by atoms with E-state index >= 15 is 0 Å². The van der Waals surface area contributed by atoms with Gasteiger partial charge in [0.25, 0.3) is 0 Å². The molecule has 0 aromatic rings. The molecule has 0 radical (unpaired) electrons. The predicted octanol–water partition coefficient (Wildman–Crippen LogP) is 4.54. The van der Waals surface area contributed by atoms with Crippen LogP contribution in [-0.4, -0.2) is 18.4 Å². The minimum atomic E-state index is -1.46. The van der Waals surface area contributed by atoms with Crippen molar-refractivity contribution in [2.75, 3.05) is 0 Å². The molecular formula is C11H26Sn. The first-order chi connectivity index (χ1) is 5.49. The zero-order valence-electron chi connectivity index (χ0n) is 9.61. The molecule has 0 saturated carbocycles. The average Bonchev–Trinajstić information content (AvgIpc) is 1.95. The Morgan fingerprint density at radius 3 is 2.00 bits per heavy atom. The summed E-state index contributed by atoms with van der Waals surface area (Å²) in [6.45, 7) is 4.66. The molecule has 0 aliphatic rings. The summed E-state index contributed by atoms with van der Waals surface area (Å²) in [6.07, 6.45) is 5.71. The summed E-state index contributed by atoms with van der Waals surface area (Å²) in [5.74, 6) is 1.06. The first-order valence-electron chi connectivity index (χ1n) is 5.49. The Hall–Kier alpha value is 0.799. The van der Waals surface area contributed by atoms with Gasteiger partial charge in [0, 0.05) is 0 Å². The van der Waals surface area contributed by atoms with E-state index in [0.717, 1.165) is 5.92 Å². The second-order valence-corrected chi connectivity index (χ2v) is 21.0. The minimum absolute atomic E-state index is 1.06. The van der Waals surface area contributed by atoms with Crippen molar-refractivity contribution in [3.63, 3.8) is 0 Å². The van der Waals surface area contributed by atoms with E-state index in [1.165, 1.54) is 25.7 Å². The second-order valence-electron chi connectivity index (χ2n) is 5.18. The molecule has 1 unspecified atom stereocenters. The molecule has 0 aromatic heterocycles. The van der Waals surface area contributed by atoms with Gasteiger partial charge in [0.2, 0.25) is 0 Å². The van der Waals surface area contributed by atoms with E-state index in [4.69, 9.17) is 0 Å². The van der Waals surface area contributed by atoms with Crippen LogP contribution in [0.15, 0.2) is 0 Å². The van der Waals surface area contributed by atoms with E-state index in [-0.39, 0.29) is 0 Å². The summed E-state index contributed by atoms with van der Waals surface area (Å²) in [4.78, 5) is 7.68. The quantitative estimate of drug-likeness (QED) is 0.625. The van der Waals surface area contributed by atoms with E-state index in [1.807, 2.05) is 0 Å². The van der Waals surface area contributed by atoms with E-state index in [9.17, 15) is 0 Å². The van der Waals surface area contributed by atoms with Crippen molar-refractivity contribution in [3.8, 4) is 0 Å². The summed E-state index contributed by atoms with van der Waals surface area (Å²) in [5, 5.41) is 0. The molecule has 0 nitrogen and oxygen atoms in total. The Balaban J connectivity index is 3.67. The fraction of sp³-hybridized carbons (Fsp3) is 1.00. The van der Waals surface area contributed by atoms with Crippen molar-refractivity contribution in [2.45, 2.75) is 58.8 Å². The zero-order valence-corrected chi connectivity index (χ0v) is 12.5. The van der Waals surface area contributed by atoms with Gasteiger partial charge in [0.1, 0.15) is 0 Å². The third-order valence-corrected chi connectivity index (χ3v) is 7.59. The van der Waals surface area contributed by atoms with Gasteiger partial charge < -0.3 is 0 Å². The van der Waals surface area contributed by atoms with E-state index in [0.29, 0.717) is 0 Å². The van der Waals surface area contributed by atoms with Crippen LogP contribution in [0.4, 0.5) is 0 Å². The zero-order chi connectivity index (χ0) is 9.61. The van der Waals surface area contributed by atoms with Crippen molar-refractivity contribution in [3.05, 3.63) is 0 Å². The van der Waals surface area contributed by atoms with Crippen LogP contribution in [0.1, 0.15) is 39.5 Å². The van der Waals surface area contributed by atoms with Crippen LogP contribution < -0.4 is 0 Å². The number of hydrogen-bond donors (Lipinski definition) is 0. The van der Waals surface area contributed by atoms with Gasteiger partial charge in [-0.2, -0.15) is 0 Å². The number of unbranched alkanes of at least 4 members (excludes halogenated alkanes) is 1. The topological polar surface area (TPSA) is 0 Å². The van der Waals surface area contributed by atoms with Gasteiger partial charge in [0.05, 0.1) is 0 Å². The molecule has 12 heavy (non-hydrogen) atoms. The van der Waals surface area contributed by atoms with Crippen molar-refractivity contribution in [1.29, 1.82) is 0 Å². The molecular weight excluding hydrogens is 251 g/mol. The van der Waals surface area contributed by atoms with Gasteiger partial charge >= 0.3 is 83.1 Å². The van der Waals surface area contributed by atoms with Gasteiger partial charge in [-0.3, -0.25) is 0 Å². The Morgan fingerprint density at radius 1 is 1.08 bits per heavy atom. The normalized spacial score (nSPS) is 14.8. The Labute approximate surface area is 83.0 Å². The fourth-order valence-electron chi connectivity index (χ4n) is 1.81. The van der Waals surface area contributed by atoms with Crippen molar-refractivity contribution in [2.24, 2.45) is 5.92 Å². The molecule has 1 atom stereocenters. The molecule has 0 amide bonds. The van der Waals surface area contributed by atoms with Crippen LogP contribution in [0, 0.1) is 5.92 Å². The summed E-state index contributed by atoms with van der Waals surface area (Å²) in [5.41, 5.74) is 0.